The molecule has 1 aromatic carbocycles. The minimum Gasteiger partial charge on any atom is -0.355 e. The molecule has 0 bridgehead atoms. The number of nitrogens with zero attached hydrogens (tertiary/aromatic N) is 1. The highest BCUT2D eigenvalue weighted by Gasteiger charge is 2.36. The summed E-state index contributed by atoms with van der Waals surface area (Å²) in [6.45, 7) is 0.768. The molecular weight excluding hydrogens is 380 g/mol. The second-order valence-electron chi connectivity index (χ2n) is 5.89. The average Bonchev–Trinajstić information content (AvgIpc) is 3.01. The monoisotopic (exact) mass is 398 g/mol. The standard InChI is InChI=1S/C17H19ClN2O3S2/c18-13-6-8-15(9-7-13)25(22,23)20(12-14-4-3-11-24-14)16-5-1-2-10-19-17(16)21/h3-4,6-9,11,16H,1-2,5,10,12H2,(H,19,21). The first-order valence-corrected chi connectivity index (χ1v) is 10.8. The first kappa shape index (κ1) is 18.4. The maximum atomic E-state index is 13.2. The van der Waals surface area contributed by atoms with Crippen LogP contribution in [0.5, 0.6) is 0 Å². The maximum absolute atomic E-state index is 13.2. The quantitative estimate of drug-likeness (QED) is 0.840. The zero-order valence-electron chi connectivity index (χ0n) is 13.5. The third kappa shape index (κ3) is 4.23. The lowest BCUT2D eigenvalue weighted by Crippen LogP contribution is -2.48. The third-order valence-electron chi connectivity index (χ3n) is 4.17. The zero-order valence-corrected chi connectivity index (χ0v) is 15.9. The van der Waals surface area contributed by atoms with Crippen molar-refractivity contribution in [1.82, 2.24) is 9.62 Å². The van der Waals surface area contributed by atoms with Gasteiger partial charge in [0.2, 0.25) is 15.9 Å². The fourth-order valence-electron chi connectivity index (χ4n) is 2.86. The minimum absolute atomic E-state index is 0.144. The van der Waals surface area contributed by atoms with Crippen molar-refractivity contribution in [2.45, 2.75) is 36.7 Å². The molecule has 1 amide bonds. The van der Waals surface area contributed by atoms with Crippen LogP contribution in [-0.2, 0) is 21.4 Å². The fourth-order valence-corrected chi connectivity index (χ4v) is 5.37. The topological polar surface area (TPSA) is 66.5 Å². The van der Waals surface area contributed by atoms with Gasteiger partial charge in [-0.05, 0) is 55.0 Å². The molecule has 1 N–H and O–H groups in total. The Morgan fingerprint density at radius 3 is 2.64 bits per heavy atom. The number of carbonyl (C=O) groups excluding carboxylic acids is 1. The predicted molar refractivity (Wildman–Crippen MR) is 99.1 cm³/mol. The number of thiophene rings is 1. The number of hydrogen-bond donors (Lipinski definition) is 1. The molecule has 1 unspecified atom stereocenters. The summed E-state index contributed by atoms with van der Waals surface area (Å²) in [5.41, 5.74) is 0. The SMILES string of the molecule is O=C1NCCCCC1N(Cc1cccs1)S(=O)(=O)c1ccc(Cl)cc1. The highest BCUT2D eigenvalue weighted by molar-refractivity contribution is 7.89. The smallest absolute Gasteiger partial charge is 0.244 e. The second kappa shape index (κ2) is 7.86. The van der Waals surface area contributed by atoms with Crippen LogP contribution in [0.15, 0.2) is 46.7 Å². The molecule has 0 radical (unpaired) electrons. The molecule has 2 aromatic rings. The van der Waals surface area contributed by atoms with Gasteiger partial charge in [-0.25, -0.2) is 8.42 Å². The molecular formula is C17H19ClN2O3S2. The van der Waals surface area contributed by atoms with Gasteiger partial charge in [0.15, 0.2) is 0 Å². The predicted octanol–water partition coefficient (Wildman–Crippen LogP) is 3.26. The number of nitrogens with one attached hydrogen (secondary N) is 1. The van der Waals surface area contributed by atoms with E-state index in [1.54, 1.807) is 12.1 Å². The lowest BCUT2D eigenvalue weighted by atomic mass is 10.1. The van der Waals surface area contributed by atoms with Crippen LogP contribution in [-0.4, -0.2) is 31.2 Å². The summed E-state index contributed by atoms with van der Waals surface area (Å²) < 4.78 is 27.8. The summed E-state index contributed by atoms with van der Waals surface area (Å²) in [6.07, 6.45) is 2.18. The van der Waals surface area contributed by atoms with E-state index >= 15 is 0 Å². The van der Waals surface area contributed by atoms with Crippen LogP contribution >= 0.6 is 22.9 Å². The van der Waals surface area contributed by atoms with Crippen molar-refractivity contribution >= 4 is 38.9 Å². The molecule has 8 heteroatoms. The van der Waals surface area contributed by atoms with Crippen LogP contribution < -0.4 is 5.32 Å². The Balaban J connectivity index is 2.00. The molecule has 1 aliphatic rings. The Morgan fingerprint density at radius 1 is 1.20 bits per heavy atom. The van der Waals surface area contributed by atoms with Gasteiger partial charge in [-0.15, -0.1) is 11.3 Å². The molecule has 1 aliphatic heterocycles. The Kier molecular flexibility index (Phi) is 5.78. The van der Waals surface area contributed by atoms with Crippen LogP contribution in [0.4, 0.5) is 0 Å². The average molecular weight is 399 g/mol. The van der Waals surface area contributed by atoms with Gasteiger partial charge in [-0.2, -0.15) is 4.31 Å². The fraction of sp³-hybridized carbons (Fsp3) is 0.353. The zero-order chi connectivity index (χ0) is 17.9. The lowest BCUT2D eigenvalue weighted by molar-refractivity contribution is -0.124. The lowest BCUT2D eigenvalue weighted by Gasteiger charge is -2.28. The summed E-state index contributed by atoms with van der Waals surface area (Å²) in [7, 11) is -3.82. The third-order valence-corrected chi connectivity index (χ3v) is 7.15. The molecule has 25 heavy (non-hydrogen) atoms. The van der Waals surface area contributed by atoms with Gasteiger partial charge in [-0.3, -0.25) is 4.79 Å². The van der Waals surface area contributed by atoms with Gasteiger partial charge >= 0.3 is 0 Å². The van der Waals surface area contributed by atoms with E-state index in [0.717, 1.165) is 17.7 Å². The van der Waals surface area contributed by atoms with Crippen LogP contribution in [0.2, 0.25) is 5.02 Å². The Labute approximate surface area is 156 Å². The van der Waals surface area contributed by atoms with E-state index in [4.69, 9.17) is 11.6 Å². The first-order chi connectivity index (χ1) is 12.0. The van der Waals surface area contributed by atoms with Crippen LogP contribution in [0.3, 0.4) is 0 Å². The number of halogens is 1. The molecule has 1 fully saturated rings. The number of benzene rings is 1. The van der Waals surface area contributed by atoms with Gasteiger partial charge in [0, 0.05) is 23.0 Å². The van der Waals surface area contributed by atoms with Crippen LogP contribution in [0.25, 0.3) is 0 Å². The van der Waals surface area contributed by atoms with E-state index in [0.29, 0.717) is 18.0 Å². The summed E-state index contributed by atoms with van der Waals surface area (Å²) in [5, 5.41) is 5.19. The summed E-state index contributed by atoms with van der Waals surface area (Å²) >= 11 is 7.36. The first-order valence-electron chi connectivity index (χ1n) is 8.06. The molecule has 134 valence electrons. The summed E-state index contributed by atoms with van der Waals surface area (Å²) in [6, 6.07) is 9.10. The van der Waals surface area contributed by atoms with E-state index in [-0.39, 0.29) is 17.3 Å². The van der Waals surface area contributed by atoms with Crippen molar-refractivity contribution < 1.29 is 13.2 Å². The maximum Gasteiger partial charge on any atom is 0.244 e. The van der Waals surface area contributed by atoms with Gasteiger partial charge in [0.05, 0.1) is 4.90 Å². The van der Waals surface area contributed by atoms with Crippen molar-refractivity contribution in [3.05, 3.63) is 51.7 Å². The molecule has 1 saturated heterocycles. The van der Waals surface area contributed by atoms with E-state index in [9.17, 15) is 13.2 Å². The minimum atomic E-state index is -3.82. The van der Waals surface area contributed by atoms with Crippen molar-refractivity contribution in [2.75, 3.05) is 6.54 Å². The highest BCUT2D eigenvalue weighted by Crippen LogP contribution is 2.26. The summed E-state index contributed by atoms with van der Waals surface area (Å²) in [4.78, 5) is 13.5. The van der Waals surface area contributed by atoms with Gasteiger partial charge in [0.1, 0.15) is 6.04 Å². The van der Waals surface area contributed by atoms with Gasteiger partial charge in [0.25, 0.3) is 0 Å². The van der Waals surface area contributed by atoms with Gasteiger partial charge < -0.3 is 5.32 Å². The molecule has 0 spiro atoms. The van der Waals surface area contributed by atoms with Crippen molar-refractivity contribution in [3.8, 4) is 0 Å². The Morgan fingerprint density at radius 2 is 1.96 bits per heavy atom. The molecule has 0 aliphatic carbocycles. The number of hydrogen-bond acceptors (Lipinski definition) is 4. The van der Waals surface area contributed by atoms with E-state index in [1.165, 1.54) is 27.8 Å². The molecule has 5 nitrogen and oxygen atoms in total. The summed E-state index contributed by atoms with van der Waals surface area (Å²) in [5.74, 6) is -0.230. The number of sulfonamides is 1. The molecule has 1 atom stereocenters. The Bertz CT molecular complexity index is 820. The molecule has 1 aromatic heterocycles. The second-order valence-corrected chi connectivity index (χ2v) is 9.25. The van der Waals surface area contributed by atoms with Crippen molar-refractivity contribution in [3.63, 3.8) is 0 Å². The van der Waals surface area contributed by atoms with Crippen LogP contribution in [0, 0.1) is 0 Å². The highest BCUT2D eigenvalue weighted by atomic mass is 35.5. The number of carbonyl (C=O) groups is 1. The number of amides is 1. The Hall–Kier alpha value is -1.41. The van der Waals surface area contributed by atoms with E-state index < -0.39 is 16.1 Å². The number of rotatable bonds is 5. The molecule has 2 heterocycles. The normalized spacial score (nSPS) is 18.8. The van der Waals surface area contributed by atoms with Crippen molar-refractivity contribution in [1.29, 1.82) is 0 Å². The molecule has 0 saturated carbocycles. The van der Waals surface area contributed by atoms with Crippen LogP contribution in [0.1, 0.15) is 24.1 Å². The largest absolute Gasteiger partial charge is 0.355 e. The van der Waals surface area contributed by atoms with Gasteiger partial charge in [-0.1, -0.05) is 17.7 Å². The molecule has 3 rings (SSSR count). The van der Waals surface area contributed by atoms with E-state index in [2.05, 4.69) is 5.32 Å². The van der Waals surface area contributed by atoms with Crippen molar-refractivity contribution in [2.24, 2.45) is 0 Å². The van der Waals surface area contributed by atoms with E-state index in [1.807, 2.05) is 17.5 Å².